The van der Waals surface area contributed by atoms with Gasteiger partial charge in [0.2, 0.25) is 5.95 Å². The molecule has 1 N–H and O–H groups in total. The number of nitrogens with one attached hydrogen (secondary N) is 1. The second-order valence-electron chi connectivity index (χ2n) is 9.20. The van der Waals surface area contributed by atoms with Crippen molar-refractivity contribution >= 4 is 34.3 Å². The zero-order valence-electron chi connectivity index (χ0n) is 20.4. The summed E-state index contributed by atoms with van der Waals surface area (Å²) < 4.78 is 7.37. The molecule has 3 aromatic heterocycles. The highest BCUT2D eigenvalue weighted by molar-refractivity contribution is 6.30. The van der Waals surface area contributed by atoms with E-state index in [2.05, 4.69) is 32.6 Å². The molecule has 0 fully saturated rings. The molecule has 6 rings (SSSR count). The van der Waals surface area contributed by atoms with Gasteiger partial charge in [-0.15, -0.1) is 0 Å². The third-order valence-corrected chi connectivity index (χ3v) is 7.00. The first kappa shape index (κ1) is 22.5. The average Bonchev–Trinajstić information content (AvgIpc) is 3.42. The van der Waals surface area contributed by atoms with Gasteiger partial charge in [-0.05, 0) is 49.2 Å². The number of aryl methyl sites for hydroxylation is 3. The highest BCUT2D eigenvalue weighted by Crippen LogP contribution is 2.33. The Morgan fingerprint density at radius 2 is 2.00 bits per heavy atom. The fourth-order valence-electron chi connectivity index (χ4n) is 4.93. The van der Waals surface area contributed by atoms with Crippen molar-refractivity contribution in [1.29, 1.82) is 0 Å². The van der Waals surface area contributed by atoms with Gasteiger partial charge in [0.15, 0.2) is 0 Å². The van der Waals surface area contributed by atoms with Gasteiger partial charge in [0.05, 0.1) is 17.4 Å². The second kappa shape index (κ2) is 8.95. The quantitative estimate of drug-likeness (QED) is 0.343. The van der Waals surface area contributed by atoms with Crippen LogP contribution in [0.1, 0.15) is 28.3 Å². The van der Waals surface area contributed by atoms with Crippen molar-refractivity contribution < 1.29 is 4.52 Å². The van der Waals surface area contributed by atoms with Gasteiger partial charge in [0, 0.05) is 60.3 Å². The predicted octanol–water partition coefficient (Wildman–Crippen LogP) is 5.46. The van der Waals surface area contributed by atoms with E-state index in [1.807, 2.05) is 62.1 Å². The molecule has 1 aliphatic heterocycles. The zero-order chi connectivity index (χ0) is 24.8. The molecule has 5 aromatic rings. The number of aromatic nitrogens is 5. The van der Waals surface area contributed by atoms with Crippen LogP contribution in [0, 0.1) is 13.8 Å². The molecule has 1 aliphatic rings. The summed E-state index contributed by atoms with van der Waals surface area (Å²) in [6, 6.07) is 14.1. The van der Waals surface area contributed by atoms with Crippen molar-refractivity contribution in [2.75, 3.05) is 16.8 Å². The Kier molecular flexibility index (Phi) is 5.60. The van der Waals surface area contributed by atoms with E-state index in [4.69, 9.17) is 26.1 Å². The maximum atomic E-state index is 6.22. The van der Waals surface area contributed by atoms with Crippen LogP contribution in [0.25, 0.3) is 22.0 Å². The summed E-state index contributed by atoms with van der Waals surface area (Å²) in [6.07, 6.45) is 2.85. The first-order chi connectivity index (χ1) is 17.5. The van der Waals surface area contributed by atoms with Crippen molar-refractivity contribution in [2.24, 2.45) is 7.05 Å². The van der Waals surface area contributed by atoms with E-state index in [-0.39, 0.29) is 0 Å². The molecule has 0 radical (unpaired) electrons. The predicted molar refractivity (Wildman–Crippen MR) is 141 cm³/mol. The van der Waals surface area contributed by atoms with Crippen LogP contribution in [-0.4, -0.2) is 31.4 Å². The summed E-state index contributed by atoms with van der Waals surface area (Å²) in [5.74, 6) is 2.27. The number of benzene rings is 2. The molecule has 0 bridgehead atoms. The average molecular weight is 500 g/mol. The molecular weight excluding hydrogens is 474 g/mol. The third-order valence-electron chi connectivity index (χ3n) is 6.77. The summed E-state index contributed by atoms with van der Waals surface area (Å²) in [5.41, 5.74) is 7.33. The van der Waals surface area contributed by atoms with Crippen LogP contribution in [0.3, 0.4) is 0 Å². The van der Waals surface area contributed by atoms with E-state index in [1.165, 1.54) is 11.3 Å². The fraction of sp³-hybridized carbons (Fsp3) is 0.259. The Morgan fingerprint density at radius 1 is 1.11 bits per heavy atom. The third kappa shape index (κ3) is 4.07. The first-order valence-corrected chi connectivity index (χ1v) is 12.3. The van der Waals surface area contributed by atoms with Gasteiger partial charge in [-0.1, -0.05) is 35.0 Å². The van der Waals surface area contributed by atoms with Crippen LogP contribution < -0.4 is 10.2 Å². The minimum atomic E-state index is 0.592. The minimum absolute atomic E-state index is 0.592. The van der Waals surface area contributed by atoms with E-state index >= 15 is 0 Å². The van der Waals surface area contributed by atoms with Crippen molar-refractivity contribution in [1.82, 2.24) is 24.9 Å². The molecular formula is C27H26ClN7O. The zero-order valence-corrected chi connectivity index (χ0v) is 21.2. The standard InChI is InChI=1S/C27H26ClN7O/c1-16-25(17(2)36-33-16)19-7-8-23-22(12-19)26(29-13-18-5-4-6-21(28)11-18)32-27(31-23)35-10-9-24-20(15-35)14-30-34(24)3/h4-8,11-12,14H,9-10,13,15H2,1-3H3,(H,29,31,32). The number of nitrogens with zero attached hydrogens (tertiary/aromatic N) is 6. The summed E-state index contributed by atoms with van der Waals surface area (Å²) >= 11 is 6.22. The summed E-state index contributed by atoms with van der Waals surface area (Å²) in [5, 5.41) is 13.7. The number of hydrogen-bond acceptors (Lipinski definition) is 7. The van der Waals surface area contributed by atoms with E-state index in [0.29, 0.717) is 17.5 Å². The number of hydrogen-bond donors (Lipinski definition) is 1. The van der Waals surface area contributed by atoms with Crippen molar-refractivity contribution in [3.8, 4) is 11.1 Å². The van der Waals surface area contributed by atoms with E-state index in [9.17, 15) is 0 Å². The topological polar surface area (TPSA) is 84.9 Å². The van der Waals surface area contributed by atoms with Gasteiger partial charge in [-0.3, -0.25) is 4.68 Å². The fourth-order valence-corrected chi connectivity index (χ4v) is 5.15. The molecule has 0 atom stereocenters. The molecule has 36 heavy (non-hydrogen) atoms. The summed E-state index contributed by atoms with van der Waals surface area (Å²) in [7, 11) is 2.00. The molecule has 0 unspecified atom stereocenters. The van der Waals surface area contributed by atoms with Gasteiger partial charge < -0.3 is 14.7 Å². The van der Waals surface area contributed by atoms with Crippen LogP contribution in [0.2, 0.25) is 5.02 Å². The van der Waals surface area contributed by atoms with E-state index in [0.717, 1.165) is 64.4 Å². The SMILES string of the molecule is Cc1noc(C)c1-c1ccc2nc(N3CCc4c(cnn4C)C3)nc(NCc3cccc(Cl)c3)c2c1. The normalized spacial score (nSPS) is 13.3. The van der Waals surface area contributed by atoms with Gasteiger partial charge in [0.1, 0.15) is 11.6 Å². The highest BCUT2D eigenvalue weighted by atomic mass is 35.5. The highest BCUT2D eigenvalue weighted by Gasteiger charge is 2.23. The van der Waals surface area contributed by atoms with Crippen molar-refractivity contribution in [3.05, 3.63) is 82.0 Å². The van der Waals surface area contributed by atoms with Gasteiger partial charge in [0.25, 0.3) is 0 Å². The smallest absolute Gasteiger partial charge is 0.228 e. The van der Waals surface area contributed by atoms with Gasteiger partial charge in [-0.25, -0.2) is 4.98 Å². The lowest BCUT2D eigenvalue weighted by atomic mass is 10.0. The monoisotopic (exact) mass is 499 g/mol. The minimum Gasteiger partial charge on any atom is -0.365 e. The lowest BCUT2D eigenvalue weighted by Gasteiger charge is -2.28. The molecule has 0 aliphatic carbocycles. The Labute approximate surface area is 213 Å². The Hall–Kier alpha value is -3.91. The molecule has 2 aromatic carbocycles. The van der Waals surface area contributed by atoms with Crippen molar-refractivity contribution in [3.63, 3.8) is 0 Å². The first-order valence-electron chi connectivity index (χ1n) is 11.9. The maximum absolute atomic E-state index is 6.22. The van der Waals surface area contributed by atoms with Crippen LogP contribution in [0.15, 0.2) is 53.2 Å². The lowest BCUT2D eigenvalue weighted by molar-refractivity contribution is 0.393. The molecule has 182 valence electrons. The number of anilines is 2. The second-order valence-corrected chi connectivity index (χ2v) is 9.63. The maximum Gasteiger partial charge on any atom is 0.228 e. The molecule has 0 spiro atoms. The van der Waals surface area contributed by atoms with E-state index < -0.39 is 0 Å². The molecule has 8 nitrogen and oxygen atoms in total. The molecule has 0 saturated carbocycles. The largest absolute Gasteiger partial charge is 0.365 e. The van der Waals surface area contributed by atoms with Crippen LogP contribution in [0.5, 0.6) is 0 Å². The van der Waals surface area contributed by atoms with Gasteiger partial charge in [-0.2, -0.15) is 10.1 Å². The summed E-state index contributed by atoms with van der Waals surface area (Å²) in [6.45, 7) is 6.05. The Balaban J connectivity index is 1.42. The molecule has 0 amide bonds. The number of rotatable bonds is 5. The molecule has 0 saturated heterocycles. The molecule has 4 heterocycles. The molecule has 9 heteroatoms. The number of fused-ring (bicyclic) bond motifs is 2. The van der Waals surface area contributed by atoms with Crippen LogP contribution in [-0.2, 0) is 26.6 Å². The summed E-state index contributed by atoms with van der Waals surface area (Å²) in [4.78, 5) is 12.2. The Morgan fingerprint density at radius 3 is 2.81 bits per heavy atom. The lowest BCUT2D eigenvalue weighted by Crippen LogP contribution is -2.32. The number of halogens is 1. The van der Waals surface area contributed by atoms with Crippen LogP contribution >= 0.6 is 11.6 Å². The Bertz CT molecular complexity index is 1570. The van der Waals surface area contributed by atoms with Crippen molar-refractivity contribution in [2.45, 2.75) is 33.4 Å². The van der Waals surface area contributed by atoms with Crippen LogP contribution in [0.4, 0.5) is 11.8 Å². The van der Waals surface area contributed by atoms with Gasteiger partial charge >= 0.3 is 0 Å². The van der Waals surface area contributed by atoms with E-state index in [1.54, 1.807) is 0 Å².